The highest BCUT2D eigenvalue weighted by molar-refractivity contribution is 5.92. The molecule has 128 valence electrons. The maximum absolute atomic E-state index is 12.1. The molecule has 0 radical (unpaired) electrons. The second kappa shape index (κ2) is 7.34. The SMILES string of the molecule is COc1ccc([C@@H](CC=O)NC(=O)OC(C)(C)C)c2ccccc12. The van der Waals surface area contributed by atoms with Gasteiger partial charge in [0.25, 0.3) is 0 Å². The van der Waals surface area contributed by atoms with E-state index in [4.69, 9.17) is 9.47 Å². The molecule has 0 aliphatic carbocycles. The molecule has 2 rings (SSSR count). The van der Waals surface area contributed by atoms with Crippen LogP contribution in [0.3, 0.4) is 0 Å². The molecular weight excluding hydrogens is 306 g/mol. The fourth-order valence-electron chi connectivity index (χ4n) is 2.59. The zero-order chi connectivity index (χ0) is 17.7. The molecule has 0 heterocycles. The van der Waals surface area contributed by atoms with E-state index in [0.29, 0.717) is 0 Å². The van der Waals surface area contributed by atoms with Gasteiger partial charge in [0.1, 0.15) is 17.6 Å². The molecule has 1 atom stereocenters. The molecule has 0 bridgehead atoms. The van der Waals surface area contributed by atoms with Gasteiger partial charge in [0.15, 0.2) is 0 Å². The number of hydrogen-bond acceptors (Lipinski definition) is 4. The molecule has 2 aromatic rings. The Bertz CT molecular complexity index is 734. The maximum Gasteiger partial charge on any atom is 0.408 e. The van der Waals surface area contributed by atoms with Crippen LogP contribution in [0.1, 0.15) is 38.8 Å². The molecule has 0 aromatic heterocycles. The number of carbonyl (C=O) groups is 2. The summed E-state index contributed by atoms with van der Waals surface area (Å²) in [6.07, 6.45) is 0.408. The Balaban J connectivity index is 2.39. The van der Waals surface area contributed by atoms with Gasteiger partial charge in [0.05, 0.1) is 13.2 Å². The summed E-state index contributed by atoms with van der Waals surface area (Å²) in [5.74, 6) is 0.747. The van der Waals surface area contributed by atoms with Crippen molar-refractivity contribution >= 4 is 23.2 Å². The lowest BCUT2D eigenvalue weighted by atomic mass is 9.96. The number of rotatable bonds is 5. The number of alkyl carbamates (subject to hydrolysis) is 1. The van der Waals surface area contributed by atoms with Gasteiger partial charge in [-0.05, 0) is 37.8 Å². The van der Waals surface area contributed by atoms with E-state index in [9.17, 15) is 9.59 Å². The predicted octanol–water partition coefficient (Wildman–Crippen LogP) is 4.00. The average Bonchev–Trinajstić information content (AvgIpc) is 2.51. The molecule has 0 unspecified atom stereocenters. The molecule has 1 N–H and O–H groups in total. The number of hydrogen-bond donors (Lipinski definition) is 1. The van der Waals surface area contributed by atoms with Crippen LogP contribution >= 0.6 is 0 Å². The molecular formula is C19H23NO4. The van der Waals surface area contributed by atoms with Gasteiger partial charge in [0, 0.05) is 11.8 Å². The second-order valence-electron chi connectivity index (χ2n) is 6.50. The van der Waals surface area contributed by atoms with Crippen LogP contribution in [0.4, 0.5) is 4.79 Å². The van der Waals surface area contributed by atoms with Crippen LogP contribution in [0.25, 0.3) is 10.8 Å². The van der Waals surface area contributed by atoms with Gasteiger partial charge in [-0.3, -0.25) is 0 Å². The second-order valence-corrected chi connectivity index (χ2v) is 6.50. The minimum absolute atomic E-state index is 0.162. The van der Waals surface area contributed by atoms with Crippen molar-refractivity contribution in [3.05, 3.63) is 42.0 Å². The van der Waals surface area contributed by atoms with Crippen molar-refractivity contribution < 1.29 is 19.1 Å². The smallest absolute Gasteiger partial charge is 0.408 e. The summed E-state index contributed by atoms with van der Waals surface area (Å²) in [6.45, 7) is 5.39. The molecule has 0 spiro atoms. The Hall–Kier alpha value is -2.56. The third-order valence-electron chi connectivity index (χ3n) is 3.54. The van der Waals surface area contributed by atoms with Gasteiger partial charge < -0.3 is 19.6 Å². The van der Waals surface area contributed by atoms with Crippen molar-refractivity contribution in [2.45, 2.75) is 38.8 Å². The summed E-state index contributed by atoms with van der Waals surface area (Å²) in [5, 5.41) is 4.65. The van der Waals surface area contributed by atoms with Crippen LogP contribution in [-0.2, 0) is 9.53 Å². The summed E-state index contributed by atoms with van der Waals surface area (Å²) in [4.78, 5) is 23.2. The third-order valence-corrected chi connectivity index (χ3v) is 3.54. The Morgan fingerprint density at radius 2 is 1.83 bits per heavy atom. The number of fused-ring (bicyclic) bond motifs is 1. The van der Waals surface area contributed by atoms with Crippen LogP contribution < -0.4 is 10.1 Å². The number of methoxy groups -OCH3 is 1. The summed E-state index contributed by atoms with van der Waals surface area (Å²) >= 11 is 0. The Morgan fingerprint density at radius 1 is 1.17 bits per heavy atom. The molecule has 0 aliphatic rings. The van der Waals surface area contributed by atoms with E-state index in [2.05, 4.69) is 5.32 Å². The van der Waals surface area contributed by atoms with Crippen molar-refractivity contribution in [2.75, 3.05) is 7.11 Å². The first-order valence-electron chi connectivity index (χ1n) is 7.84. The van der Waals surface area contributed by atoms with Gasteiger partial charge in [-0.1, -0.05) is 30.3 Å². The zero-order valence-corrected chi connectivity index (χ0v) is 14.5. The van der Waals surface area contributed by atoms with Gasteiger partial charge in [-0.2, -0.15) is 0 Å². The minimum atomic E-state index is -0.599. The Labute approximate surface area is 141 Å². The van der Waals surface area contributed by atoms with E-state index in [1.807, 2.05) is 36.4 Å². The predicted molar refractivity (Wildman–Crippen MR) is 93.3 cm³/mol. The Morgan fingerprint density at radius 3 is 2.42 bits per heavy atom. The number of aldehydes is 1. The number of ether oxygens (including phenoxy) is 2. The van der Waals surface area contributed by atoms with E-state index in [0.717, 1.165) is 28.4 Å². The van der Waals surface area contributed by atoms with Crippen molar-refractivity contribution in [1.29, 1.82) is 0 Å². The van der Waals surface area contributed by atoms with Crippen LogP contribution in [0.5, 0.6) is 5.75 Å². The standard InChI is InChI=1S/C19H23NO4/c1-19(2,3)24-18(22)20-16(11-12-21)14-9-10-17(23-4)15-8-6-5-7-13(14)15/h5-10,12,16H,11H2,1-4H3,(H,20,22)/t16-/m1/s1. The van der Waals surface area contributed by atoms with Crippen LogP contribution in [-0.4, -0.2) is 25.1 Å². The van der Waals surface area contributed by atoms with Gasteiger partial charge in [-0.15, -0.1) is 0 Å². The summed E-state index contributed by atoms with van der Waals surface area (Å²) < 4.78 is 10.7. The summed E-state index contributed by atoms with van der Waals surface area (Å²) in [5.41, 5.74) is 0.252. The van der Waals surface area contributed by atoms with Gasteiger partial charge in [0.2, 0.25) is 0 Å². The number of amides is 1. The molecule has 2 aromatic carbocycles. The summed E-state index contributed by atoms with van der Waals surface area (Å²) in [7, 11) is 1.61. The lowest BCUT2D eigenvalue weighted by Gasteiger charge is -2.24. The lowest BCUT2D eigenvalue weighted by molar-refractivity contribution is -0.108. The monoisotopic (exact) mass is 329 g/mol. The minimum Gasteiger partial charge on any atom is -0.496 e. The Kier molecular flexibility index (Phi) is 5.44. The van der Waals surface area contributed by atoms with Crippen molar-refractivity contribution in [1.82, 2.24) is 5.32 Å². The van der Waals surface area contributed by atoms with Crippen molar-refractivity contribution in [3.8, 4) is 5.75 Å². The van der Waals surface area contributed by atoms with Gasteiger partial charge >= 0.3 is 6.09 Å². The van der Waals surface area contributed by atoms with E-state index in [1.165, 1.54) is 0 Å². The topological polar surface area (TPSA) is 64.6 Å². The number of benzene rings is 2. The normalized spacial score (nSPS) is 12.5. The van der Waals surface area contributed by atoms with Gasteiger partial charge in [-0.25, -0.2) is 4.79 Å². The van der Waals surface area contributed by atoms with Crippen LogP contribution in [0, 0.1) is 0 Å². The van der Waals surface area contributed by atoms with Crippen molar-refractivity contribution in [3.63, 3.8) is 0 Å². The van der Waals surface area contributed by atoms with Crippen molar-refractivity contribution in [2.24, 2.45) is 0 Å². The molecule has 5 heteroatoms. The highest BCUT2D eigenvalue weighted by Crippen LogP contribution is 2.32. The lowest BCUT2D eigenvalue weighted by Crippen LogP contribution is -2.35. The zero-order valence-electron chi connectivity index (χ0n) is 14.5. The largest absolute Gasteiger partial charge is 0.496 e. The molecule has 24 heavy (non-hydrogen) atoms. The first-order chi connectivity index (χ1) is 11.4. The number of carbonyl (C=O) groups excluding carboxylic acids is 2. The van der Waals surface area contributed by atoms with Crippen LogP contribution in [0.15, 0.2) is 36.4 Å². The molecule has 0 aliphatic heterocycles. The van der Waals surface area contributed by atoms with E-state index in [-0.39, 0.29) is 6.42 Å². The quantitative estimate of drug-likeness (QED) is 0.842. The summed E-state index contributed by atoms with van der Waals surface area (Å²) in [6, 6.07) is 11.0. The maximum atomic E-state index is 12.1. The third kappa shape index (κ3) is 4.25. The highest BCUT2D eigenvalue weighted by Gasteiger charge is 2.22. The molecule has 1 amide bonds. The fraction of sp³-hybridized carbons (Fsp3) is 0.368. The van der Waals surface area contributed by atoms with Crippen LogP contribution in [0.2, 0.25) is 0 Å². The molecule has 0 fully saturated rings. The van der Waals surface area contributed by atoms with E-state index >= 15 is 0 Å². The molecule has 5 nitrogen and oxygen atoms in total. The first-order valence-corrected chi connectivity index (χ1v) is 7.84. The molecule has 0 saturated heterocycles. The number of nitrogens with one attached hydrogen (secondary N) is 1. The highest BCUT2D eigenvalue weighted by atomic mass is 16.6. The fourth-order valence-corrected chi connectivity index (χ4v) is 2.59. The van der Waals surface area contributed by atoms with E-state index in [1.54, 1.807) is 27.9 Å². The average molecular weight is 329 g/mol. The molecule has 0 saturated carbocycles. The first kappa shape index (κ1) is 17.8. The van der Waals surface area contributed by atoms with E-state index < -0.39 is 17.7 Å².